The summed E-state index contributed by atoms with van der Waals surface area (Å²) in [6.45, 7) is 9.26. The van der Waals surface area contributed by atoms with Gasteiger partial charge in [-0.15, -0.1) is 0 Å². The SMILES string of the molecule is Cc1cc2c(C)c(Nc3c(C#N)cncc3-c3cc4cc(CN5CCNCC5)ccc4o3)ccc2[nH]1. The molecule has 3 aromatic heterocycles. The summed E-state index contributed by atoms with van der Waals surface area (Å²) in [4.78, 5) is 10.2. The number of H-pyrrole nitrogens is 1. The lowest BCUT2D eigenvalue weighted by Gasteiger charge is -2.27. The fourth-order valence-electron chi connectivity index (χ4n) is 5.08. The normalized spacial score (nSPS) is 14.4. The average molecular weight is 477 g/mol. The van der Waals surface area contributed by atoms with E-state index in [0.717, 1.165) is 77.1 Å². The number of fused-ring (bicyclic) bond motifs is 2. The van der Waals surface area contributed by atoms with Crippen LogP contribution in [-0.2, 0) is 6.54 Å². The fourth-order valence-corrected chi connectivity index (χ4v) is 5.08. The first kappa shape index (κ1) is 22.4. The number of hydrogen-bond donors (Lipinski definition) is 3. The molecule has 36 heavy (non-hydrogen) atoms. The molecule has 0 aliphatic carbocycles. The van der Waals surface area contributed by atoms with Gasteiger partial charge in [0.1, 0.15) is 17.4 Å². The fraction of sp³-hybridized carbons (Fsp3) is 0.241. The van der Waals surface area contributed by atoms with Crippen molar-refractivity contribution in [3.05, 3.63) is 77.2 Å². The van der Waals surface area contributed by atoms with Crippen molar-refractivity contribution in [1.29, 1.82) is 5.26 Å². The zero-order chi connectivity index (χ0) is 24.6. The van der Waals surface area contributed by atoms with Crippen molar-refractivity contribution in [2.45, 2.75) is 20.4 Å². The minimum absolute atomic E-state index is 0.470. The second-order valence-electron chi connectivity index (χ2n) is 9.51. The van der Waals surface area contributed by atoms with Crippen LogP contribution in [-0.4, -0.2) is 41.0 Å². The van der Waals surface area contributed by atoms with E-state index in [1.165, 1.54) is 5.56 Å². The van der Waals surface area contributed by atoms with Gasteiger partial charge in [0.2, 0.25) is 0 Å². The molecule has 0 radical (unpaired) electrons. The van der Waals surface area contributed by atoms with Gasteiger partial charge in [0.05, 0.1) is 16.8 Å². The van der Waals surface area contributed by atoms with Gasteiger partial charge in [0.15, 0.2) is 0 Å². The molecular formula is C29H28N6O. The van der Waals surface area contributed by atoms with Gasteiger partial charge in [-0.05, 0) is 61.4 Å². The Morgan fingerprint density at radius 2 is 1.94 bits per heavy atom. The summed E-state index contributed by atoms with van der Waals surface area (Å²) in [5, 5.41) is 19.0. The summed E-state index contributed by atoms with van der Waals surface area (Å²) in [6.07, 6.45) is 3.35. The van der Waals surface area contributed by atoms with E-state index in [4.69, 9.17) is 4.42 Å². The van der Waals surface area contributed by atoms with Crippen molar-refractivity contribution >= 4 is 33.2 Å². The predicted octanol–water partition coefficient (Wildman–Crippen LogP) is 5.61. The van der Waals surface area contributed by atoms with E-state index in [1.807, 2.05) is 18.2 Å². The van der Waals surface area contributed by atoms with Crippen molar-refractivity contribution in [2.24, 2.45) is 0 Å². The minimum atomic E-state index is 0.470. The minimum Gasteiger partial charge on any atom is -0.456 e. The molecule has 1 aliphatic rings. The zero-order valence-corrected chi connectivity index (χ0v) is 20.5. The van der Waals surface area contributed by atoms with Crippen LogP contribution in [0.15, 0.2) is 59.3 Å². The quantitative estimate of drug-likeness (QED) is 0.305. The van der Waals surface area contributed by atoms with Crippen molar-refractivity contribution in [3.8, 4) is 17.4 Å². The highest BCUT2D eigenvalue weighted by molar-refractivity contribution is 5.93. The third-order valence-electron chi connectivity index (χ3n) is 7.00. The number of furan rings is 1. The van der Waals surface area contributed by atoms with Crippen LogP contribution in [0.5, 0.6) is 0 Å². The molecule has 0 unspecified atom stereocenters. The van der Waals surface area contributed by atoms with Gasteiger partial charge in [-0.1, -0.05) is 6.07 Å². The van der Waals surface area contributed by atoms with E-state index in [9.17, 15) is 5.26 Å². The average Bonchev–Trinajstić information content (AvgIpc) is 3.49. The van der Waals surface area contributed by atoms with E-state index in [2.05, 4.69) is 69.7 Å². The molecule has 7 heteroatoms. The van der Waals surface area contributed by atoms with Gasteiger partial charge in [0, 0.05) is 72.8 Å². The summed E-state index contributed by atoms with van der Waals surface area (Å²) >= 11 is 0. The first-order chi connectivity index (χ1) is 17.6. The zero-order valence-electron chi connectivity index (χ0n) is 20.5. The highest BCUT2D eigenvalue weighted by Crippen LogP contribution is 2.37. The molecule has 0 amide bonds. The predicted molar refractivity (Wildman–Crippen MR) is 143 cm³/mol. The number of piperazine rings is 1. The maximum Gasteiger partial charge on any atom is 0.139 e. The van der Waals surface area contributed by atoms with Gasteiger partial charge in [-0.3, -0.25) is 9.88 Å². The number of nitriles is 1. The molecule has 2 aromatic carbocycles. The van der Waals surface area contributed by atoms with Crippen molar-refractivity contribution in [3.63, 3.8) is 0 Å². The molecule has 7 nitrogen and oxygen atoms in total. The van der Waals surface area contributed by atoms with Gasteiger partial charge >= 0.3 is 0 Å². The van der Waals surface area contributed by atoms with Crippen LogP contribution >= 0.6 is 0 Å². The Bertz CT molecular complexity index is 1620. The maximum atomic E-state index is 9.87. The van der Waals surface area contributed by atoms with Crippen LogP contribution in [0.1, 0.15) is 22.4 Å². The summed E-state index contributed by atoms with van der Waals surface area (Å²) in [6, 6.07) is 17.0. The Morgan fingerprint density at radius 1 is 1.08 bits per heavy atom. The molecule has 1 saturated heterocycles. The second kappa shape index (κ2) is 9.15. The summed E-state index contributed by atoms with van der Waals surface area (Å²) < 4.78 is 6.26. The summed E-state index contributed by atoms with van der Waals surface area (Å²) in [7, 11) is 0. The van der Waals surface area contributed by atoms with E-state index in [-0.39, 0.29) is 0 Å². The lowest BCUT2D eigenvalue weighted by Crippen LogP contribution is -2.42. The Labute approximate surface area is 209 Å². The number of aromatic amines is 1. The monoisotopic (exact) mass is 476 g/mol. The largest absolute Gasteiger partial charge is 0.456 e. The number of anilines is 2. The number of rotatable bonds is 5. The van der Waals surface area contributed by atoms with E-state index in [0.29, 0.717) is 17.0 Å². The Kier molecular flexibility index (Phi) is 5.68. The first-order valence-electron chi connectivity index (χ1n) is 12.3. The maximum absolute atomic E-state index is 9.87. The van der Waals surface area contributed by atoms with Gasteiger partial charge in [0.25, 0.3) is 0 Å². The Balaban J connectivity index is 1.37. The highest BCUT2D eigenvalue weighted by atomic mass is 16.3. The van der Waals surface area contributed by atoms with Crippen molar-refractivity contribution < 1.29 is 4.42 Å². The molecule has 1 aliphatic heterocycles. The van der Waals surface area contributed by atoms with Gasteiger partial charge < -0.3 is 20.0 Å². The number of nitrogens with one attached hydrogen (secondary N) is 3. The number of aryl methyl sites for hydroxylation is 2. The van der Waals surface area contributed by atoms with E-state index in [1.54, 1.807) is 12.4 Å². The number of nitrogens with zero attached hydrogens (tertiary/aromatic N) is 3. The molecule has 5 aromatic rings. The van der Waals surface area contributed by atoms with E-state index >= 15 is 0 Å². The molecule has 1 fully saturated rings. The molecule has 3 N–H and O–H groups in total. The summed E-state index contributed by atoms with van der Waals surface area (Å²) in [5.41, 5.74) is 8.29. The second-order valence-corrected chi connectivity index (χ2v) is 9.51. The smallest absolute Gasteiger partial charge is 0.139 e. The third-order valence-corrected chi connectivity index (χ3v) is 7.00. The molecule has 4 heterocycles. The van der Waals surface area contributed by atoms with Crippen LogP contribution in [0.2, 0.25) is 0 Å². The number of hydrogen-bond acceptors (Lipinski definition) is 6. The van der Waals surface area contributed by atoms with Crippen molar-refractivity contribution in [1.82, 2.24) is 20.2 Å². The van der Waals surface area contributed by atoms with Crippen LogP contribution < -0.4 is 10.6 Å². The third kappa shape index (κ3) is 4.11. The standard InChI is InChI=1S/C29H28N6O/c1-18-11-23-19(2)25(4-5-26(23)33-18)34-29-22(14-30)15-32-16-24(29)28-13-21-12-20(3-6-27(21)36-28)17-35-9-7-31-8-10-35/h3-6,11-13,15-16,31,33H,7-10,17H2,1-2H3,(H,32,34). The highest BCUT2D eigenvalue weighted by Gasteiger charge is 2.18. The molecule has 0 bridgehead atoms. The van der Waals surface area contributed by atoms with Gasteiger partial charge in [-0.25, -0.2) is 0 Å². The molecule has 6 rings (SSSR count). The number of pyridine rings is 1. The van der Waals surface area contributed by atoms with E-state index < -0.39 is 0 Å². The Morgan fingerprint density at radius 3 is 2.78 bits per heavy atom. The summed E-state index contributed by atoms with van der Waals surface area (Å²) in [5.74, 6) is 0.688. The molecule has 0 atom stereocenters. The Hall–Kier alpha value is -4.12. The van der Waals surface area contributed by atoms with Crippen LogP contribution in [0.3, 0.4) is 0 Å². The van der Waals surface area contributed by atoms with Crippen LogP contribution in [0, 0.1) is 25.2 Å². The van der Waals surface area contributed by atoms with Crippen molar-refractivity contribution in [2.75, 3.05) is 31.5 Å². The molecule has 0 saturated carbocycles. The van der Waals surface area contributed by atoms with Gasteiger partial charge in [-0.2, -0.15) is 5.26 Å². The molecular weight excluding hydrogens is 448 g/mol. The van der Waals surface area contributed by atoms with Crippen LogP contribution in [0.25, 0.3) is 33.2 Å². The molecule has 0 spiro atoms. The lowest BCUT2D eigenvalue weighted by atomic mass is 10.1. The topological polar surface area (TPSA) is 92.9 Å². The van der Waals surface area contributed by atoms with Crippen LogP contribution in [0.4, 0.5) is 11.4 Å². The molecule has 180 valence electrons. The first-order valence-corrected chi connectivity index (χ1v) is 12.3. The number of aromatic nitrogens is 2. The lowest BCUT2D eigenvalue weighted by molar-refractivity contribution is 0.233. The number of benzene rings is 2.